The van der Waals surface area contributed by atoms with Crippen molar-refractivity contribution in [1.29, 1.82) is 5.26 Å². The van der Waals surface area contributed by atoms with Gasteiger partial charge in [-0.25, -0.2) is 0 Å². The Balaban J connectivity index is 2.31. The Bertz CT molecular complexity index is 92.2. The van der Waals surface area contributed by atoms with Gasteiger partial charge >= 0.3 is 0 Å². The molecule has 0 radical (unpaired) electrons. The molecule has 0 amide bonds. The van der Waals surface area contributed by atoms with E-state index in [1.807, 2.05) is 0 Å². The van der Waals surface area contributed by atoms with Gasteiger partial charge in [-0.05, 0) is 6.42 Å². The molecule has 2 N–H and O–H groups in total. The quantitative estimate of drug-likeness (QED) is 0.442. The monoisotopic (exact) mass is 82.1 g/mol. The Labute approximate surface area is 36.6 Å². The van der Waals surface area contributed by atoms with E-state index in [0.717, 1.165) is 6.42 Å². The predicted octanol–water partition coefficient (Wildman–Crippen LogP) is -0.143. The maximum absolute atomic E-state index is 8.05. The van der Waals surface area contributed by atoms with Crippen molar-refractivity contribution in [3.8, 4) is 6.07 Å². The Morgan fingerprint density at radius 3 is 2.33 bits per heavy atom. The van der Waals surface area contributed by atoms with Gasteiger partial charge in [0.2, 0.25) is 0 Å². The largest absolute Gasteiger partial charge is 0.326 e. The van der Waals surface area contributed by atoms with Gasteiger partial charge in [0.25, 0.3) is 0 Å². The second-order valence-electron chi connectivity index (χ2n) is 1.64. The average Bonchev–Trinajstić information content (AvgIpc) is 2.19. The number of nitriles is 1. The van der Waals surface area contributed by atoms with Crippen LogP contribution in [0.4, 0.5) is 0 Å². The molecule has 1 fully saturated rings. The molecule has 2 nitrogen and oxygen atoms in total. The van der Waals surface area contributed by atoms with Crippen LogP contribution in [0.3, 0.4) is 0 Å². The molecule has 32 valence electrons. The topological polar surface area (TPSA) is 49.8 Å². The summed E-state index contributed by atoms with van der Waals surface area (Å²) in [4.78, 5) is 0. The minimum Gasteiger partial charge on any atom is -0.326 e. The highest BCUT2D eigenvalue weighted by atomic mass is 14.7. The normalized spacial score (nSPS) is 41.3. The van der Waals surface area contributed by atoms with Gasteiger partial charge in [-0.1, -0.05) is 0 Å². The minimum atomic E-state index is 0.185. The summed E-state index contributed by atoms with van der Waals surface area (Å²) in [5.74, 6) is 0.185. The van der Waals surface area contributed by atoms with E-state index >= 15 is 0 Å². The maximum atomic E-state index is 8.05. The fourth-order valence-corrected chi connectivity index (χ4v) is 0.363. The highest BCUT2D eigenvalue weighted by Crippen LogP contribution is 2.25. The Morgan fingerprint density at radius 1 is 1.83 bits per heavy atom. The third-order valence-electron chi connectivity index (χ3n) is 1.01. The lowest BCUT2D eigenvalue weighted by molar-refractivity contribution is 0.985. The molecule has 0 heterocycles. The van der Waals surface area contributed by atoms with Crippen molar-refractivity contribution in [3.05, 3.63) is 0 Å². The lowest BCUT2D eigenvalue weighted by Gasteiger charge is -1.67. The highest BCUT2D eigenvalue weighted by Gasteiger charge is 2.32. The van der Waals surface area contributed by atoms with E-state index in [1.54, 1.807) is 0 Å². The van der Waals surface area contributed by atoms with E-state index < -0.39 is 0 Å². The molecule has 0 aliphatic heterocycles. The van der Waals surface area contributed by atoms with E-state index in [4.69, 9.17) is 11.0 Å². The SMILES string of the molecule is N#CC1C[C@H]1N. The van der Waals surface area contributed by atoms with Crippen LogP contribution in [0, 0.1) is 17.2 Å². The lowest BCUT2D eigenvalue weighted by Crippen LogP contribution is -1.99. The Morgan fingerprint density at radius 2 is 2.33 bits per heavy atom. The summed E-state index contributed by atoms with van der Waals surface area (Å²) in [5, 5.41) is 8.05. The zero-order chi connectivity index (χ0) is 4.57. The average molecular weight is 82.1 g/mol. The Kier molecular flexibility index (Phi) is 0.578. The highest BCUT2D eigenvalue weighted by molar-refractivity contribution is 5.04. The first-order valence-electron chi connectivity index (χ1n) is 2.00. The van der Waals surface area contributed by atoms with E-state index in [1.165, 1.54) is 0 Å². The van der Waals surface area contributed by atoms with Crippen LogP contribution in [0.2, 0.25) is 0 Å². The minimum absolute atomic E-state index is 0.185. The second-order valence-corrected chi connectivity index (χ2v) is 1.64. The van der Waals surface area contributed by atoms with Gasteiger partial charge in [0.05, 0.1) is 12.0 Å². The molecule has 1 aliphatic rings. The van der Waals surface area contributed by atoms with E-state index in [0.29, 0.717) is 0 Å². The third-order valence-corrected chi connectivity index (χ3v) is 1.01. The molecule has 1 saturated carbocycles. The summed E-state index contributed by atoms with van der Waals surface area (Å²) in [5.41, 5.74) is 5.25. The first-order chi connectivity index (χ1) is 2.84. The first-order valence-corrected chi connectivity index (χ1v) is 2.00. The molecule has 0 aromatic rings. The molecule has 0 saturated heterocycles. The van der Waals surface area contributed by atoms with E-state index in [2.05, 4.69) is 6.07 Å². The van der Waals surface area contributed by atoms with Crippen molar-refractivity contribution in [1.82, 2.24) is 0 Å². The van der Waals surface area contributed by atoms with E-state index in [9.17, 15) is 0 Å². The van der Waals surface area contributed by atoms with Crippen LogP contribution in [-0.2, 0) is 0 Å². The van der Waals surface area contributed by atoms with Crippen molar-refractivity contribution in [2.45, 2.75) is 12.5 Å². The van der Waals surface area contributed by atoms with Crippen LogP contribution in [0.5, 0.6) is 0 Å². The van der Waals surface area contributed by atoms with Crippen molar-refractivity contribution in [2.24, 2.45) is 11.7 Å². The first kappa shape index (κ1) is 3.63. The lowest BCUT2D eigenvalue weighted by atomic mass is 10.5. The van der Waals surface area contributed by atoms with Gasteiger partial charge in [0.1, 0.15) is 0 Å². The number of nitrogens with zero attached hydrogens (tertiary/aromatic N) is 1. The summed E-state index contributed by atoms with van der Waals surface area (Å²) < 4.78 is 0. The van der Waals surface area contributed by atoms with Crippen LogP contribution in [0.25, 0.3) is 0 Å². The molecule has 0 aromatic carbocycles. The van der Waals surface area contributed by atoms with Crippen LogP contribution >= 0.6 is 0 Å². The van der Waals surface area contributed by atoms with Crippen LogP contribution in [0.15, 0.2) is 0 Å². The predicted molar refractivity (Wildman–Crippen MR) is 21.7 cm³/mol. The van der Waals surface area contributed by atoms with Crippen molar-refractivity contribution in [2.75, 3.05) is 0 Å². The summed E-state index contributed by atoms with van der Waals surface area (Å²) in [6, 6.07) is 2.27. The zero-order valence-corrected chi connectivity index (χ0v) is 3.39. The summed E-state index contributed by atoms with van der Waals surface area (Å²) >= 11 is 0. The van der Waals surface area contributed by atoms with Crippen molar-refractivity contribution < 1.29 is 0 Å². The van der Waals surface area contributed by atoms with Crippen LogP contribution in [-0.4, -0.2) is 6.04 Å². The van der Waals surface area contributed by atoms with Gasteiger partial charge in [-0.2, -0.15) is 5.26 Å². The van der Waals surface area contributed by atoms with Gasteiger partial charge in [-0.15, -0.1) is 0 Å². The number of nitrogens with two attached hydrogens (primary N) is 1. The molecule has 0 aromatic heterocycles. The van der Waals surface area contributed by atoms with Gasteiger partial charge in [-0.3, -0.25) is 0 Å². The number of hydrogen-bond acceptors (Lipinski definition) is 2. The van der Waals surface area contributed by atoms with Crippen molar-refractivity contribution in [3.63, 3.8) is 0 Å². The fraction of sp³-hybridized carbons (Fsp3) is 0.750. The van der Waals surface area contributed by atoms with Crippen LogP contribution in [0.1, 0.15) is 6.42 Å². The van der Waals surface area contributed by atoms with Gasteiger partial charge < -0.3 is 5.73 Å². The molecule has 2 heteroatoms. The van der Waals surface area contributed by atoms with Crippen molar-refractivity contribution >= 4 is 0 Å². The third kappa shape index (κ3) is 0.373. The molecule has 0 bridgehead atoms. The summed E-state index contributed by atoms with van der Waals surface area (Å²) in [6.07, 6.45) is 0.913. The second kappa shape index (κ2) is 0.954. The molecule has 2 atom stereocenters. The number of rotatable bonds is 0. The van der Waals surface area contributed by atoms with E-state index in [-0.39, 0.29) is 12.0 Å². The fourth-order valence-electron chi connectivity index (χ4n) is 0.363. The molecule has 1 aliphatic carbocycles. The smallest absolute Gasteiger partial charge is 0.0672 e. The molecule has 1 rings (SSSR count). The summed E-state index contributed by atoms with van der Waals surface area (Å²) in [7, 11) is 0. The summed E-state index contributed by atoms with van der Waals surface area (Å²) in [6.45, 7) is 0. The Hall–Kier alpha value is -0.550. The standard InChI is InChI=1S/C4H6N2/c5-2-3-1-4(3)6/h3-4H,1,6H2/t3?,4-/m1/s1. The van der Waals surface area contributed by atoms with Crippen LogP contribution < -0.4 is 5.73 Å². The van der Waals surface area contributed by atoms with Gasteiger partial charge in [0, 0.05) is 6.04 Å². The maximum Gasteiger partial charge on any atom is 0.0672 e. The molecule has 1 unspecified atom stereocenters. The molecule has 0 spiro atoms. The van der Waals surface area contributed by atoms with Gasteiger partial charge in [0.15, 0.2) is 0 Å². The zero-order valence-electron chi connectivity index (χ0n) is 3.39. The number of hydrogen-bond donors (Lipinski definition) is 1. The molecule has 6 heavy (non-hydrogen) atoms. The molecular formula is C4H6N2. The molecular weight excluding hydrogens is 76.1 g/mol.